The Kier molecular flexibility index (Phi) is 4.84. The Balaban J connectivity index is 2.11. The van der Waals surface area contributed by atoms with Gasteiger partial charge in [0.2, 0.25) is 0 Å². The second-order valence-corrected chi connectivity index (χ2v) is 8.00. The number of allylic oxidation sites excluding steroid dienone is 1. The number of hydrogen-bond donors (Lipinski definition) is 1. The zero-order valence-corrected chi connectivity index (χ0v) is 11.9. The molecule has 1 aliphatic heterocycles. The average molecular weight is 271 g/mol. The summed E-state index contributed by atoms with van der Waals surface area (Å²) in [5.74, 6) is 0.332. The Bertz CT molecular complexity index is 400. The summed E-state index contributed by atoms with van der Waals surface area (Å²) in [7, 11) is -2.96. The summed E-state index contributed by atoms with van der Waals surface area (Å²) in [6.07, 6.45) is 11.8. The summed E-state index contributed by atoms with van der Waals surface area (Å²) in [5.41, 5.74) is 7.47. The highest BCUT2D eigenvalue weighted by Crippen LogP contribution is 2.28. The standard InChI is InChI=1S/C14H25NO2S/c15-14(12-8-4-2-1-3-5-9-12)13-10-6-7-11-18(13,16)17/h8,13-14H,1-7,9-11,15H2. The van der Waals surface area contributed by atoms with Crippen LogP contribution in [0.4, 0.5) is 0 Å². The first-order valence-electron chi connectivity index (χ1n) is 7.27. The van der Waals surface area contributed by atoms with Gasteiger partial charge >= 0.3 is 0 Å². The molecule has 1 heterocycles. The van der Waals surface area contributed by atoms with Crippen molar-refractivity contribution in [2.45, 2.75) is 69.1 Å². The van der Waals surface area contributed by atoms with E-state index in [1.807, 2.05) is 0 Å². The maximum Gasteiger partial charge on any atom is 0.155 e. The lowest BCUT2D eigenvalue weighted by Gasteiger charge is -2.30. The molecule has 4 heteroatoms. The van der Waals surface area contributed by atoms with E-state index in [4.69, 9.17) is 5.73 Å². The molecule has 1 aliphatic carbocycles. The zero-order chi connectivity index (χ0) is 13.0. The number of rotatable bonds is 2. The van der Waals surface area contributed by atoms with Crippen LogP contribution in [0, 0.1) is 0 Å². The van der Waals surface area contributed by atoms with Gasteiger partial charge in [0.1, 0.15) is 0 Å². The molecule has 1 saturated heterocycles. The van der Waals surface area contributed by atoms with Gasteiger partial charge in [0.05, 0.1) is 11.0 Å². The Hall–Kier alpha value is -0.350. The summed E-state index contributed by atoms with van der Waals surface area (Å²) < 4.78 is 24.2. The molecule has 2 atom stereocenters. The molecule has 2 unspecified atom stereocenters. The fraction of sp³-hybridized carbons (Fsp3) is 0.857. The Morgan fingerprint density at radius 2 is 1.89 bits per heavy atom. The molecule has 0 aromatic heterocycles. The van der Waals surface area contributed by atoms with Crippen molar-refractivity contribution in [1.29, 1.82) is 0 Å². The van der Waals surface area contributed by atoms with Crippen LogP contribution >= 0.6 is 0 Å². The van der Waals surface area contributed by atoms with E-state index < -0.39 is 9.84 Å². The smallest absolute Gasteiger partial charge is 0.155 e. The van der Waals surface area contributed by atoms with Crippen LogP contribution in [0.3, 0.4) is 0 Å². The van der Waals surface area contributed by atoms with Gasteiger partial charge in [0, 0.05) is 6.04 Å². The van der Waals surface area contributed by atoms with E-state index >= 15 is 0 Å². The van der Waals surface area contributed by atoms with E-state index in [-0.39, 0.29) is 11.3 Å². The first-order valence-corrected chi connectivity index (χ1v) is 8.99. The third-order valence-electron chi connectivity index (χ3n) is 4.28. The first-order chi connectivity index (χ1) is 8.61. The average Bonchev–Trinajstić information content (AvgIpc) is 2.27. The predicted octanol–water partition coefficient (Wildman–Crippen LogP) is 2.56. The largest absolute Gasteiger partial charge is 0.323 e. The van der Waals surface area contributed by atoms with Crippen molar-refractivity contribution in [2.75, 3.05) is 5.75 Å². The molecule has 1 fully saturated rings. The lowest BCUT2D eigenvalue weighted by Crippen LogP contribution is -2.44. The van der Waals surface area contributed by atoms with Crippen LogP contribution in [0.15, 0.2) is 11.6 Å². The van der Waals surface area contributed by atoms with E-state index in [1.54, 1.807) is 0 Å². The van der Waals surface area contributed by atoms with Gasteiger partial charge in [-0.05, 0) is 38.5 Å². The van der Waals surface area contributed by atoms with Crippen molar-refractivity contribution >= 4 is 9.84 Å². The van der Waals surface area contributed by atoms with Gasteiger partial charge in [-0.15, -0.1) is 0 Å². The maximum atomic E-state index is 12.1. The summed E-state index contributed by atoms with van der Waals surface area (Å²) in [5, 5.41) is -0.322. The molecular formula is C14H25NO2S. The molecule has 0 saturated carbocycles. The lowest BCUT2D eigenvalue weighted by molar-refractivity contribution is 0.505. The summed E-state index contributed by atoms with van der Waals surface area (Å²) in [4.78, 5) is 0. The van der Waals surface area contributed by atoms with Crippen LogP contribution in [-0.4, -0.2) is 25.5 Å². The fourth-order valence-corrected chi connectivity index (χ4v) is 5.20. The van der Waals surface area contributed by atoms with Gasteiger partial charge in [-0.1, -0.05) is 30.9 Å². The monoisotopic (exact) mass is 271 g/mol. The van der Waals surface area contributed by atoms with Gasteiger partial charge in [-0.3, -0.25) is 0 Å². The van der Waals surface area contributed by atoms with Gasteiger partial charge in [0.15, 0.2) is 9.84 Å². The van der Waals surface area contributed by atoms with Crippen molar-refractivity contribution in [1.82, 2.24) is 0 Å². The third-order valence-corrected chi connectivity index (χ3v) is 6.59. The topological polar surface area (TPSA) is 60.2 Å². The van der Waals surface area contributed by atoms with E-state index in [1.165, 1.54) is 24.8 Å². The second kappa shape index (κ2) is 6.20. The first kappa shape index (κ1) is 14.1. The molecule has 0 amide bonds. The molecule has 18 heavy (non-hydrogen) atoms. The SMILES string of the molecule is NC(C1=CCCCCCC1)C1CCCCS1(=O)=O. The Labute approximate surface area is 111 Å². The molecule has 2 N–H and O–H groups in total. The molecule has 0 radical (unpaired) electrons. The van der Waals surface area contributed by atoms with Gasteiger partial charge < -0.3 is 5.73 Å². The van der Waals surface area contributed by atoms with E-state index in [2.05, 4.69) is 6.08 Å². The molecule has 0 spiro atoms. The zero-order valence-electron chi connectivity index (χ0n) is 11.1. The van der Waals surface area contributed by atoms with Crippen LogP contribution < -0.4 is 5.73 Å². The van der Waals surface area contributed by atoms with E-state index in [0.29, 0.717) is 5.75 Å². The second-order valence-electron chi connectivity index (χ2n) is 5.66. The molecule has 0 bridgehead atoms. The Morgan fingerprint density at radius 3 is 2.67 bits per heavy atom. The molecule has 104 valence electrons. The van der Waals surface area contributed by atoms with Crippen LogP contribution in [-0.2, 0) is 9.84 Å². The lowest BCUT2D eigenvalue weighted by atomic mass is 9.92. The highest BCUT2D eigenvalue weighted by Gasteiger charge is 2.35. The molecule has 2 aliphatic rings. The van der Waals surface area contributed by atoms with Crippen LogP contribution in [0.2, 0.25) is 0 Å². The maximum absolute atomic E-state index is 12.1. The fourth-order valence-electron chi connectivity index (χ4n) is 3.14. The normalized spacial score (nSPS) is 30.9. The molecule has 3 nitrogen and oxygen atoms in total. The van der Waals surface area contributed by atoms with Crippen molar-refractivity contribution in [3.05, 3.63) is 11.6 Å². The van der Waals surface area contributed by atoms with E-state index in [0.717, 1.165) is 38.5 Å². The predicted molar refractivity (Wildman–Crippen MR) is 75.2 cm³/mol. The van der Waals surface area contributed by atoms with Crippen LogP contribution in [0.1, 0.15) is 57.8 Å². The van der Waals surface area contributed by atoms with Crippen molar-refractivity contribution in [2.24, 2.45) is 5.73 Å². The molecule has 0 aromatic carbocycles. The minimum atomic E-state index is -2.96. The third kappa shape index (κ3) is 3.35. The summed E-state index contributed by atoms with van der Waals surface area (Å²) in [6, 6.07) is -0.256. The van der Waals surface area contributed by atoms with Gasteiger partial charge in [-0.25, -0.2) is 8.42 Å². The minimum Gasteiger partial charge on any atom is -0.323 e. The summed E-state index contributed by atoms with van der Waals surface area (Å²) >= 11 is 0. The quantitative estimate of drug-likeness (QED) is 0.785. The number of nitrogens with two attached hydrogens (primary N) is 1. The summed E-state index contributed by atoms with van der Waals surface area (Å²) in [6.45, 7) is 0. The highest BCUT2D eigenvalue weighted by atomic mass is 32.2. The van der Waals surface area contributed by atoms with Crippen molar-refractivity contribution in [3.63, 3.8) is 0 Å². The molecule has 2 rings (SSSR count). The van der Waals surface area contributed by atoms with Gasteiger partial charge in [-0.2, -0.15) is 0 Å². The molecule has 0 aromatic rings. The van der Waals surface area contributed by atoms with E-state index in [9.17, 15) is 8.42 Å². The minimum absolute atomic E-state index is 0.256. The van der Waals surface area contributed by atoms with Gasteiger partial charge in [0.25, 0.3) is 0 Å². The van der Waals surface area contributed by atoms with Crippen molar-refractivity contribution in [3.8, 4) is 0 Å². The van der Waals surface area contributed by atoms with Crippen LogP contribution in [0.5, 0.6) is 0 Å². The molecular weight excluding hydrogens is 246 g/mol. The van der Waals surface area contributed by atoms with Crippen molar-refractivity contribution < 1.29 is 8.42 Å². The Morgan fingerprint density at radius 1 is 1.11 bits per heavy atom. The highest BCUT2D eigenvalue weighted by molar-refractivity contribution is 7.92. The number of sulfone groups is 1. The van der Waals surface area contributed by atoms with Crippen LogP contribution in [0.25, 0.3) is 0 Å². The number of hydrogen-bond acceptors (Lipinski definition) is 3.